The lowest BCUT2D eigenvalue weighted by molar-refractivity contribution is 0.0749. The third-order valence-corrected chi connectivity index (χ3v) is 3.57. The molecule has 0 radical (unpaired) electrons. The molecular formula is C14H19ClN2O. The number of rotatable bonds is 5. The lowest BCUT2D eigenvalue weighted by Gasteiger charge is -2.23. The molecule has 4 heteroatoms. The number of nitrogen functional groups attached to an aromatic ring is 1. The minimum atomic E-state index is 0.00347. The second-order valence-electron chi connectivity index (χ2n) is 4.90. The number of benzene rings is 1. The average molecular weight is 267 g/mol. The van der Waals surface area contributed by atoms with Gasteiger partial charge in [0.05, 0.1) is 16.3 Å². The van der Waals surface area contributed by atoms with Gasteiger partial charge in [-0.2, -0.15) is 0 Å². The van der Waals surface area contributed by atoms with Crippen LogP contribution in [-0.2, 0) is 0 Å². The molecule has 1 saturated carbocycles. The van der Waals surface area contributed by atoms with Gasteiger partial charge in [-0.05, 0) is 37.3 Å². The lowest BCUT2D eigenvalue weighted by Crippen LogP contribution is -2.34. The molecule has 98 valence electrons. The van der Waals surface area contributed by atoms with Crippen LogP contribution in [0.25, 0.3) is 0 Å². The summed E-state index contributed by atoms with van der Waals surface area (Å²) in [7, 11) is 0. The molecule has 0 spiro atoms. The smallest absolute Gasteiger partial charge is 0.256 e. The fourth-order valence-corrected chi connectivity index (χ4v) is 2.23. The van der Waals surface area contributed by atoms with Gasteiger partial charge in [-0.3, -0.25) is 4.79 Å². The number of carbonyl (C=O) groups is 1. The minimum absolute atomic E-state index is 0.00347. The van der Waals surface area contributed by atoms with Crippen LogP contribution in [0.15, 0.2) is 18.2 Å². The zero-order valence-corrected chi connectivity index (χ0v) is 11.4. The largest absolute Gasteiger partial charge is 0.397 e. The highest BCUT2D eigenvalue weighted by Gasteiger charge is 2.27. The molecular weight excluding hydrogens is 248 g/mol. The first-order valence-corrected chi connectivity index (χ1v) is 6.84. The monoisotopic (exact) mass is 266 g/mol. The van der Waals surface area contributed by atoms with Crippen LogP contribution >= 0.6 is 11.6 Å². The molecule has 2 rings (SSSR count). The first-order chi connectivity index (χ1) is 8.63. The molecule has 1 amide bonds. The molecule has 0 saturated heterocycles. The van der Waals surface area contributed by atoms with Crippen molar-refractivity contribution in [2.45, 2.75) is 26.2 Å². The fraction of sp³-hybridized carbons (Fsp3) is 0.500. The summed E-state index contributed by atoms with van der Waals surface area (Å²) < 4.78 is 0. The Kier molecular flexibility index (Phi) is 4.12. The molecule has 1 aromatic rings. The Morgan fingerprint density at radius 2 is 2.22 bits per heavy atom. The molecule has 1 aliphatic rings. The molecule has 1 aromatic carbocycles. The van der Waals surface area contributed by atoms with Crippen LogP contribution in [0.1, 0.15) is 36.5 Å². The van der Waals surface area contributed by atoms with Gasteiger partial charge in [0.15, 0.2) is 0 Å². The Balaban J connectivity index is 2.17. The van der Waals surface area contributed by atoms with Gasteiger partial charge in [0.25, 0.3) is 5.91 Å². The molecule has 0 aliphatic heterocycles. The minimum Gasteiger partial charge on any atom is -0.397 e. The summed E-state index contributed by atoms with van der Waals surface area (Å²) in [6, 6.07) is 5.23. The van der Waals surface area contributed by atoms with Crippen molar-refractivity contribution in [3.63, 3.8) is 0 Å². The van der Waals surface area contributed by atoms with Gasteiger partial charge >= 0.3 is 0 Å². The third kappa shape index (κ3) is 2.96. The maximum Gasteiger partial charge on any atom is 0.256 e. The van der Waals surface area contributed by atoms with E-state index in [1.165, 1.54) is 12.8 Å². The Labute approximate surface area is 113 Å². The molecule has 0 aromatic heterocycles. The van der Waals surface area contributed by atoms with E-state index in [0.29, 0.717) is 22.2 Å². The summed E-state index contributed by atoms with van der Waals surface area (Å²) >= 11 is 5.96. The molecule has 0 bridgehead atoms. The first kappa shape index (κ1) is 13.2. The van der Waals surface area contributed by atoms with Gasteiger partial charge in [-0.25, -0.2) is 0 Å². The Hall–Kier alpha value is -1.22. The van der Waals surface area contributed by atoms with Crippen LogP contribution in [0.3, 0.4) is 0 Å². The first-order valence-electron chi connectivity index (χ1n) is 6.46. The van der Waals surface area contributed by atoms with Crippen molar-refractivity contribution in [2.24, 2.45) is 5.92 Å². The van der Waals surface area contributed by atoms with Gasteiger partial charge in [-0.1, -0.05) is 24.6 Å². The lowest BCUT2D eigenvalue weighted by atomic mass is 10.1. The highest BCUT2D eigenvalue weighted by Crippen LogP contribution is 2.31. The second-order valence-corrected chi connectivity index (χ2v) is 5.30. The molecule has 2 N–H and O–H groups in total. The molecule has 18 heavy (non-hydrogen) atoms. The standard InChI is InChI=1S/C14H19ClN2O/c1-2-8-17(9-10-6-7-10)14(18)11-4-3-5-12(15)13(11)16/h3-5,10H,2,6-9,16H2,1H3. The van der Waals surface area contributed by atoms with Crippen molar-refractivity contribution in [2.75, 3.05) is 18.8 Å². The summed E-state index contributed by atoms with van der Waals surface area (Å²) in [6.07, 6.45) is 3.43. The Morgan fingerprint density at radius 1 is 1.50 bits per heavy atom. The van der Waals surface area contributed by atoms with E-state index in [1.54, 1.807) is 18.2 Å². The van der Waals surface area contributed by atoms with Crippen molar-refractivity contribution in [3.05, 3.63) is 28.8 Å². The van der Waals surface area contributed by atoms with Crippen LogP contribution in [-0.4, -0.2) is 23.9 Å². The number of nitrogens with two attached hydrogens (primary N) is 1. The van der Waals surface area contributed by atoms with E-state index < -0.39 is 0 Å². The van der Waals surface area contributed by atoms with Crippen molar-refractivity contribution in [3.8, 4) is 0 Å². The van der Waals surface area contributed by atoms with Crippen LogP contribution < -0.4 is 5.73 Å². The van der Waals surface area contributed by atoms with E-state index in [9.17, 15) is 4.79 Å². The molecule has 0 unspecified atom stereocenters. The van der Waals surface area contributed by atoms with E-state index in [0.717, 1.165) is 19.5 Å². The third-order valence-electron chi connectivity index (χ3n) is 3.24. The van der Waals surface area contributed by atoms with E-state index in [1.807, 2.05) is 4.90 Å². The quantitative estimate of drug-likeness (QED) is 0.832. The van der Waals surface area contributed by atoms with Gasteiger partial charge in [0.2, 0.25) is 0 Å². The van der Waals surface area contributed by atoms with E-state index in [-0.39, 0.29) is 5.91 Å². The predicted molar refractivity (Wildman–Crippen MR) is 74.8 cm³/mol. The summed E-state index contributed by atoms with van der Waals surface area (Å²) in [4.78, 5) is 14.4. The second kappa shape index (κ2) is 5.61. The number of para-hydroxylation sites is 1. The topological polar surface area (TPSA) is 46.3 Å². The van der Waals surface area contributed by atoms with E-state index in [4.69, 9.17) is 17.3 Å². The molecule has 1 aliphatic carbocycles. The normalized spacial score (nSPS) is 14.6. The summed E-state index contributed by atoms with van der Waals surface area (Å²) in [5, 5.41) is 0.448. The van der Waals surface area contributed by atoms with Crippen molar-refractivity contribution in [1.29, 1.82) is 0 Å². The SMILES string of the molecule is CCCN(CC1CC1)C(=O)c1cccc(Cl)c1N. The number of halogens is 1. The average Bonchev–Trinajstić information content (AvgIpc) is 3.15. The highest BCUT2D eigenvalue weighted by atomic mass is 35.5. The van der Waals surface area contributed by atoms with Crippen molar-refractivity contribution < 1.29 is 4.79 Å². The van der Waals surface area contributed by atoms with Gasteiger partial charge in [-0.15, -0.1) is 0 Å². The highest BCUT2D eigenvalue weighted by molar-refractivity contribution is 6.33. The van der Waals surface area contributed by atoms with Gasteiger partial charge < -0.3 is 10.6 Å². The van der Waals surface area contributed by atoms with Crippen molar-refractivity contribution >= 4 is 23.2 Å². The number of nitrogens with zero attached hydrogens (tertiary/aromatic N) is 1. The van der Waals surface area contributed by atoms with Gasteiger partial charge in [0, 0.05) is 13.1 Å². The maximum absolute atomic E-state index is 12.5. The predicted octanol–water partition coefficient (Wildman–Crippen LogP) is 3.18. The number of amides is 1. The van der Waals surface area contributed by atoms with E-state index >= 15 is 0 Å². The van der Waals surface area contributed by atoms with E-state index in [2.05, 4.69) is 6.92 Å². The number of carbonyl (C=O) groups excluding carboxylic acids is 1. The zero-order valence-electron chi connectivity index (χ0n) is 10.7. The molecule has 1 fully saturated rings. The molecule has 0 heterocycles. The van der Waals surface area contributed by atoms with Crippen LogP contribution in [0.5, 0.6) is 0 Å². The number of hydrogen-bond acceptors (Lipinski definition) is 2. The number of hydrogen-bond donors (Lipinski definition) is 1. The van der Waals surface area contributed by atoms with Crippen molar-refractivity contribution in [1.82, 2.24) is 4.90 Å². The van der Waals surface area contributed by atoms with Gasteiger partial charge in [0.1, 0.15) is 0 Å². The summed E-state index contributed by atoms with van der Waals surface area (Å²) in [5.74, 6) is 0.685. The van der Waals surface area contributed by atoms with Crippen LogP contribution in [0.2, 0.25) is 5.02 Å². The van der Waals surface area contributed by atoms with Crippen LogP contribution in [0.4, 0.5) is 5.69 Å². The fourth-order valence-electron chi connectivity index (χ4n) is 2.05. The maximum atomic E-state index is 12.5. The summed E-state index contributed by atoms with van der Waals surface area (Å²) in [6.45, 7) is 3.70. The molecule has 3 nitrogen and oxygen atoms in total. The summed E-state index contributed by atoms with van der Waals surface area (Å²) in [5.41, 5.74) is 6.80. The number of anilines is 1. The molecule has 0 atom stereocenters. The Morgan fingerprint density at radius 3 is 2.83 bits per heavy atom. The zero-order chi connectivity index (χ0) is 13.1. The Bertz CT molecular complexity index is 443. The van der Waals surface area contributed by atoms with Crippen LogP contribution in [0, 0.1) is 5.92 Å².